The molecule has 1 aliphatic heterocycles. The van der Waals surface area contributed by atoms with Crippen molar-refractivity contribution in [3.8, 4) is 17.2 Å². The van der Waals surface area contributed by atoms with Crippen molar-refractivity contribution in [2.75, 3.05) is 18.0 Å². The van der Waals surface area contributed by atoms with Crippen molar-refractivity contribution in [3.63, 3.8) is 0 Å². The van der Waals surface area contributed by atoms with E-state index in [0.29, 0.717) is 11.5 Å². The van der Waals surface area contributed by atoms with E-state index in [0.717, 1.165) is 56.1 Å². The summed E-state index contributed by atoms with van der Waals surface area (Å²) >= 11 is 0. The molecule has 3 aliphatic rings. The molecule has 0 atom stereocenters. The zero-order chi connectivity index (χ0) is 30.4. The molecule has 0 unspecified atom stereocenters. The van der Waals surface area contributed by atoms with Gasteiger partial charge in [-0.2, -0.15) is 0 Å². The molecule has 3 fully saturated rings. The summed E-state index contributed by atoms with van der Waals surface area (Å²) in [4.78, 5) is 30.1. The van der Waals surface area contributed by atoms with Gasteiger partial charge >= 0.3 is 6.09 Å². The number of Topliss-reactive ketones (excluding diaryl/α,β-unsaturated/α-hetero) is 1. The predicted molar refractivity (Wildman–Crippen MR) is 165 cm³/mol. The highest BCUT2D eigenvalue weighted by molar-refractivity contribution is 5.87. The van der Waals surface area contributed by atoms with E-state index in [1.807, 2.05) is 57.2 Å². The van der Waals surface area contributed by atoms with Gasteiger partial charge in [-0.25, -0.2) is 9.78 Å². The van der Waals surface area contributed by atoms with E-state index in [-0.39, 0.29) is 29.1 Å². The van der Waals surface area contributed by atoms with E-state index < -0.39 is 5.60 Å². The number of benzene rings is 2. The molecule has 0 bridgehead atoms. The average molecular weight is 584 g/mol. The summed E-state index contributed by atoms with van der Waals surface area (Å²) in [5.41, 5.74) is 1.86. The Bertz CT molecular complexity index is 1450. The van der Waals surface area contributed by atoms with Gasteiger partial charge in [-0.05, 0) is 68.3 Å². The quantitative estimate of drug-likeness (QED) is 0.312. The van der Waals surface area contributed by atoms with Gasteiger partial charge in [0.2, 0.25) is 0 Å². The van der Waals surface area contributed by atoms with Gasteiger partial charge in [0, 0.05) is 55.6 Å². The second kappa shape index (κ2) is 10.9. The lowest BCUT2D eigenvalue weighted by Gasteiger charge is -2.55. The Morgan fingerprint density at radius 3 is 1.98 bits per heavy atom. The van der Waals surface area contributed by atoms with Crippen LogP contribution < -0.4 is 19.7 Å². The third-order valence-electron chi connectivity index (χ3n) is 8.75. The molecule has 2 heterocycles. The van der Waals surface area contributed by atoms with Gasteiger partial charge in [0.05, 0.1) is 6.20 Å². The summed E-state index contributed by atoms with van der Waals surface area (Å²) in [6, 6.07) is 20.5. The summed E-state index contributed by atoms with van der Waals surface area (Å²) < 4.78 is 17.5. The van der Waals surface area contributed by atoms with E-state index >= 15 is 0 Å². The number of rotatable bonds is 8. The monoisotopic (exact) mass is 583 g/mol. The lowest BCUT2D eigenvalue weighted by molar-refractivity contribution is -0.134. The Hall–Kier alpha value is -4.07. The molecule has 0 radical (unpaired) electrons. The van der Waals surface area contributed by atoms with Crippen LogP contribution in [0.25, 0.3) is 0 Å². The second-order valence-electron chi connectivity index (χ2n) is 13.9. The summed E-state index contributed by atoms with van der Waals surface area (Å²) in [5, 5.41) is 2.91. The van der Waals surface area contributed by atoms with Crippen LogP contribution in [0.15, 0.2) is 66.9 Å². The molecule has 43 heavy (non-hydrogen) atoms. The SMILES string of the molecule is CC(C)(C)OC(=O)NC1CC(Oc2ccc(C(C)(C)c3ccc(Oc4ccc(N5CC6(CC(=O)C6)C5)nc4)cc3)cc2)C1. The number of nitrogens with zero attached hydrogens (tertiary/aromatic N) is 2. The predicted octanol–water partition coefficient (Wildman–Crippen LogP) is 6.80. The number of anilines is 1. The normalized spacial score (nSPS) is 20.9. The molecule has 2 aliphatic carbocycles. The fraction of sp³-hybridized carbons (Fsp3) is 0.457. The number of ketones is 1. The zero-order valence-corrected chi connectivity index (χ0v) is 25.7. The summed E-state index contributed by atoms with van der Waals surface area (Å²) in [5.74, 6) is 3.59. The van der Waals surface area contributed by atoms with Crippen LogP contribution in [0.1, 0.15) is 71.4 Å². The number of carbonyl (C=O) groups is 2. The van der Waals surface area contributed by atoms with Gasteiger partial charge in [0.1, 0.15) is 40.6 Å². The molecular formula is C35H41N3O5. The van der Waals surface area contributed by atoms with Crippen molar-refractivity contribution >= 4 is 17.7 Å². The molecular weight excluding hydrogens is 542 g/mol. The van der Waals surface area contributed by atoms with Crippen LogP contribution in [0.5, 0.6) is 17.2 Å². The van der Waals surface area contributed by atoms with Crippen molar-refractivity contribution in [1.82, 2.24) is 10.3 Å². The van der Waals surface area contributed by atoms with Gasteiger partial charge in [-0.1, -0.05) is 38.1 Å². The fourth-order valence-corrected chi connectivity index (χ4v) is 6.19. The van der Waals surface area contributed by atoms with E-state index in [9.17, 15) is 9.59 Å². The van der Waals surface area contributed by atoms with Crippen molar-refractivity contribution in [2.24, 2.45) is 5.41 Å². The van der Waals surface area contributed by atoms with Crippen molar-refractivity contribution in [2.45, 2.75) is 83.5 Å². The summed E-state index contributed by atoms with van der Waals surface area (Å²) in [7, 11) is 0. The molecule has 6 rings (SSSR count). The summed E-state index contributed by atoms with van der Waals surface area (Å²) in [6.45, 7) is 11.8. The molecule has 1 saturated heterocycles. The molecule has 1 N–H and O–H groups in total. The van der Waals surface area contributed by atoms with Crippen LogP contribution in [0.2, 0.25) is 0 Å². The number of ether oxygens (including phenoxy) is 3. The lowest BCUT2D eigenvalue weighted by Crippen LogP contribution is -2.63. The van der Waals surface area contributed by atoms with E-state index in [2.05, 4.69) is 53.3 Å². The highest BCUT2D eigenvalue weighted by Crippen LogP contribution is 2.47. The van der Waals surface area contributed by atoms with E-state index in [4.69, 9.17) is 14.2 Å². The van der Waals surface area contributed by atoms with Crippen LogP contribution in [-0.4, -0.2) is 47.7 Å². The molecule has 2 saturated carbocycles. The number of hydrogen-bond donors (Lipinski definition) is 1. The first kappa shape index (κ1) is 29.0. The highest BCUT2D eigenvalue weighted by atomic mass is 16.6. The van der Waals surface area contributed by atoms with Crippen molar-refractivity contribution in [3.05, 3.63) is 78.0 Å². The number of carbonyl (C=O) groups excluding carboxylic acids is 2. The number of amides is 1. The molecule has 1 spiro atoms. The van der Waals surface area contributed by atoms with Crippen LogP contribution in [0.3, 0.4) is 0 Å². The minimum atomic E-state index is -0.501. The molecule has 8 heteroatoms. The minimum absolute atomic E-state index is 0.0829. The first-order valence-corrected chi connectivity index (χ1v) is 15.1. The average Bonchev–Trinajstić information content (AvgIpc) is 2.89. The Morgan fingerprint density at radius 2 is 1.44 bits per heavy atom. The molecule has 226 valence electrons. The number of aromatic nitrogens is 1. The van der Waals surface area contributed by atoms with Gasteiger partial charge in [0.25, 0.3) is 0 Å². The van der Waals surface area contributed by atoms with Crippen LogP contribution >= 0.6 is 0 Å². The van der Waals surface area contributed by atoms with Gasteiger partial charge in [-0.3, -0.25) is 4.79 Å². The van der Waals surface area contributed by atoms with Gasteiger partial charge in [0.15, 0.2) is 0 Å². The highest BCUT2D eigenvalue weighted by Gasteiger charge is 2.52. The first-order valence-electron chi connectivity index (χ1n) is 15.1. The Morgan fingerprint density at radius 1 is 0.860 bits per heavy atom. The van der Waals surface area contributed by atoms with E-state index in [1.165, 1.54) is 11.1 Å². The first-order chi connectivity index (χ1) is 20.4. The smallest absolute Gasteiger partial charge is 0.407 e. The summed E-state index contributed by atoms with van der Waals surface area (Å²) in [6.07, 6.45) is 4.44. The lowest BCUT2D eigenvalue weighted by atomic mass is 9.63. The largest absolute Gasteiger partial charge is 0.490 e. The maximum Gasteiger partial charge on any atom is 0.407 e. The van der Waals surface area contributed by atoms with Gasteiger partial charge in [-0.15, -0.1) is 0 Å². The number of nitrogens with one attached hydrogen (secondary N) is 1. The standard InChI is InChI=1S/C35H41N3O5/c1-33(2,3)43-32(40)37-25-16-30(17-25)42-28-12-8-24(9-13-28)34(4,5)23-6-10-27(11-7-23)41-29-14-15-31(36-20-29)38-21-35(22-38)18-26(39)19-35/h6-15,20,25,30H,16-19,21-22H2,1-5H3,(H,37,40). The topological polar surface area (TPSA) is 90.0 Å². The molecule has 1 amide bonds. The minimum Gasteiger partial charge on any atom is -0.490 e. The van der Waals surface area contributed by atoms with Crippen molar-refractivity contribution < 1.29 is 23.8 Å². The number of hydrogen-bond acceptors (Lipinski definition) is 7. The number of pyridine rings is 1. The maximum atomic E-state index is 12.0. The fourth-order valence-electron chi connectivity index (χ4n) is 6.19. The third kappa shape index (κ3) is 6.48. The Labute approximate surface area is 253 Å². The maximum absolute atomic E-state index is 12.0. The molecule has 8 nitrogen and oxygen atoms in total. The number of alkyl carbamates (subject to hydrolysis) is 1. The Balaban J connectivity index is 0.983. The molecule has 1 aromatic heterocycles. The van der Waals surface area contributed by atoms with Gasteiger partial charge < -0.3 is 24.4 Å². The Kier molecular flexibility index (Phi) is 7.35. The van der Waals surface area contributed by atoms with Crippen LogP contribution in [0, 0.1) is 5.41 Å². The van der Waals surface area contributed by atoms with Crippen LogP contribution in [-0.2, 0) is 14.9 Å². The second-order valence-corrected chi connectivity index (χ2v) is 13.9. The van der Waals surface area contributed by atoms with Crippen molar-refractivity contribution in [1.29, 1.82) is 0 Å². The zero-order valence-electron chi connectivity index (χ0n) is 25.7. The van der Waals surface area contributed by atoms with Crippen LogP contribution in [0.4, 0.5) is 10.6 Å². The molecule has 3 aromatic rings. The van der Waals surface area contributed by atoms with E-state index in [1.54, 1.807) is 6.20 Å². The molecule has 2 aromatic carbocycles. The third-order valence-corrected chi connectivity index (χ3v) is 8.75.